The lowest BCUT2D eigenvalue weighted by Gasteiger charge is -2.38. The van der Waals surface area contributed by atoms with Crippen LogP contribution in [-0.2, 0) is 11.8 Å². The fraction of sp³-hybridized carbons (Fsp3) is 0.435. The summed E-state index contributed by atoms with van der Waals surface area (Å²) in [6.45, 7) is 2.29. The third-order valence-corrected chi connectivity index (χ3v) is 7.63. The van der Waals surface area contributed by atoms with E-state index in [1.165, 1.54) is 17.2 Å². The Bertz CT molecular complexity index is 1190. The molecule has 13 heteroatoms. The lowest BCUT2D eigenvalue weighted by atomic mass is 9.95. The number of halogens is 2. The molecule has 2 aromatic rings. The van der Waals surface area contributed by atoms with E-state index in [0.29, 0.717) is 68.0 Å². The van der Waals surface area contributed by atoms with Gasteiger partial charge in [0.25, 0.3) is 11.8 Å². The molecule has 0 spiro atoms. The summed E-state index contributed by atoms with van der Waals surface area (Å²) >= 11 is 9.68. The largest absolute Gasteiger partial charge is 0.465 e. The number of hydrogen-bond acceptors (Lipinski definition) is 5. The van der Waals surface area contributed by atoms with Crippen molar-refractivity contribution in [2.75, 3.05) is 44.6 Å². The number of rotatable bonds is 4. The standard InChI is InChI=1S/C23H26BrClN6O5/c1-28-18(24)13-26-19(28)20(32)27-15-2-3-16(17(25)12-15)22(34)30-10-8-29(9-11-30)21(33)14-4-6-31(7-5-14)23(35)36/h2-3,12-14H,4-11H2,1H3,(H,27,32)(H,35,36). The van der Waals surface area contributed by atoms with Gasteiger partial charge in [-0.15, -0.1) is 0 Å². The van der Waals surface area contributed by atoms with E-state index in [-0.39, 0.29) is 28.6 Å². The van der Waals surface area contributed by atoms with Crippen LogP contribution in [0.5, 0.6) is 0 Å². The van der Waals surface area contributed by atoms with Crippen LogP contribution in [0.3, 0.4) is 0 Å². The Labute approximate surface area is 221 Å². The second kappa shape index (κ2) is 10.9. The first-order valence-corrected chi connectivity index (χ1v) is 12.7. The summed E-state index contributed by atoms with van der Waals surface area (Å²) in [4.78, 5) is 58.3. The lowest BCUT2D eigenvalue weighted by molar-refractivity contribution is -0.138. The molecule has 36 heavy (non-hydrogen) atoms. The summed E-state index contributed by atoms with van der Waals surface area (Å²) in [6.07, 6.45) is 1.60. The molecule has 2 aliphatic rings. The van der Waals surface area contributed by atoms with Gasteiger partial charge in [-0.1, -0.05) is 11.6 Å². The number of anilines is 1. The molecule has 0 unspecified atom stereocenters. The fourth-order valence-corrected chi connectivity index (χ4v) is 4.96. The first kappa shape index (κ1) is 26.0. The number of nitrogens with one attached hydrogen (secondary N) is 1. The maximum Gasteiger partial charge on any atom is 0.407 e. The Hall–Kier alpha value is -3.12. The minimum absolute atomic E-state index is 0.0185. The Kier molecular flexibility index (Phi) is 7.84. The quantitative estimate of drug-likeness (QED) is 0.572. The number of carboxylic acid groups (broad SMARTS) is 1. The van der Waals surface area contributed by atoms with Crippen molar-refractivity contribution in [2.24, 2.45) is 13.0 Å². The zero-order valence-corrected chi connectivity index (χ0v) is 22.0. The number of hydrogen-bond donors (Lipinski definition) is 2. The van der Waals surface area contributed by atoms with Crippen LogP contribution in [-0.4, -0.2) is 92.4 Å². The Morgan fingerprint density at radius 3 is 2.22 bits per heavy atom. The number of nitrogens with zero attached hydrogens (tertiary/aromatic N) is 5. The van der Waals surface area contributed by atoms with Gasteiger partial charge in [0, 0.05) is 57.9 Å². The van der Waals surface area contributed by atoms with Gasteiger partial charge in [0.2, 0.25) is 5.91 Å². The smallest absolute Gasteiger partial charge is 0.407 e. The van der Waals surface area contributed by atoms with Crippen LogP contribution >= 0.6 is 27.5 Å². The fourth-order valence-electron chi connectivity index (χ4n) is 4.43. The van der Waals surface area contributed by atoms with Crippen LogP contribution in [0, 0.1) is 5.92 Å². The summed E-state index contributed by atoms with van der Waals surface area (Å²) in [7, 11) is 1.70. The van der Waals surface area contributed by atoms with Gasteiger partial charge < -0.3 is 29.7 Å². The molecule has 0 bridgehead atoms. The van der Waals surface area contributed by atoms with Gasteiger partial charge in [-0.25, -0.2) is 9.78 Å². The van der Waals surface area contributed by atoms with E-state index in [1.807, 2.05) is 0 Å². The minimum Gasteiger partial charge on any atom is -0.465 e. The molecular weight excluding hydrogens is 556 g/mol. The highest BCUT2D eigenvalue weighted by Crippen LogP contribution is 2.25. The van der Waals surface area contributed by atoms with Crippen molar-refractivity contribution in [3.8, 4) is 0 Å². The summed E-state index contributed by atoms with van der Waals surface area (Å²) in [5.74, 6) is -0.601. The second-order valence-electron chi connectivity index (χ2n) is 8.77. The molecule has 11 nitrogen and oxygen atoms in total. The lowest BCUT2D eigenvalue weighted by Crippen LogP contribution is -2.53. The minimum atomic E-state index is -0.955. The van der Waals surface area contributed by atoms with Crippen molar-refractivity contribution in [3.63, 3.8) is 0 Å². The first-order chi connectivity index (χ1) is 17.2. The summed E-state index contributed by atoms with van der Waals surface area (Å²) < 4.78 is 2.26. The molecule has 0 radical (unpaired) electrons. The van der Waals surface area contributed by atoms with Crippen LogP contribution in [0.1, 0.15) is 33.8 Å². The van der Waals surface area contributed by atoms with E-state index in [1.54, 1.807) is 33.5 Å². The van der Waals surface area contributed by atoms with Crippen LogP contribution in [0.15, 0.2) is 29.0 Å². The Morgan fingerprint density at radius 1 is 1.03 bits per heavy atom. The highest BCUT2D eigenvalue weighted by atomic mass is 79.9. The number of amides is 4. The highest BCUT2D eigenvalue weighted by Gasteiger charge is 2.32. The number of aromatic nitrogens is 2. The van der Waals surface area contributed by atoms with E-state index in [2.05, 4.69) is 26.2 Å². The molecule has 192 valence electrons. The van der Waals surface area contributed by atoms with E-state index < -0.39 is 12.0 Å². The number of carbonyl (C=O) groups is 4. The van der Waals surface area contributed by atoms with Crippen LogP contribution in [0.2, 0.25) is 5.02 Å². The van der Waals surface area contributed by atoms with E-state index in [9.17, 15) is 19.2 Å². The van der Waals surface area contributed by atoms with Crippen molar-refractivity contribution < 1.29 is 24.3 Å². The Balaban J connectivity index is 1.32. The number of imidazole rings is 1. The van der Waals surface area contributed by atoms with Crippen LogP contribution in [0.25, 0.3) is 0 Å². The van der Waals surface area contributed by atoms with Gasteiger partial charge in [0.1, 0.15) is 4.60 Å². The molecular formula is C23H26BrClN6O5. The van der Waals surface area contributed by atoms with Crippen molar-refractivity contribution in [1.82, 2.24) is 24.3 Å². The van der Waals surface area contributed by atoms with Crippen molar-refractivity contribution in [2.45, 2.75) is 12.8 Å². The van der Waals surface area contributed by atoms with Crippen molar-refractivity contribution in [3.05, 3.63) is 45.4 Å². The van der Waals surface area contributed by atoms with Crippen LogP contribution in [0.4, 0.5) is 10.5 Å². The topological polar surface area (TPSA) is 128 Å². The summed E-state index contributed by atoms with van der Waals surface area (Å²) in [5, 5.41) is 12.0. The molecule has 4 amide bonds. The molecule has 2 aliphatic heterocycles. The maximum absolute atomic E-state index is 13.1. The molecule has 1 aromatic carbocycles. The molecule has 1 aromatic heterocycles. The average Bonchev–Trinajstić information content (AvgIpc) is 3.21. The number of piperidine rings is 1. The van der Waals surface area contributed by atoms with E-state index >= 15 is 0 Å². The predicted molar refractivity (Wildman–Crippen MR) is 135 cm³/mol. The van der Waals surface area contributed by atoms with E-state index in [0.717, 1.165) is 0 Å². The molecule has 3 heterocycles. The molecule has 0 aliphatic carbocycles. The normalized spacial score (nSPS) is 16.7. The van der Waals surface area contributed by atoms with Gasteiger partial charge in [-0.3, -0.25) is 14.4 Å². The van der Waals surface area contributed by atoms with Gasteiger partial charge in [-0.05, 0) is 47.0 Å². The Morgan fingerprint density at radius 2 is 1.67 bits per heavy atom. The summed E-state index contributed by atoms with van der Waals surface area (Å²) in [5.41, 5.74) is 0.750. The number of carbonyl (C=O) groups excluding carboxylic acids is 3. The van der Waals surface area contributed by atoms with Gasteiger partial charge in [-0.2, -0.15) is 0 Å². The van der Waals surface area contributed by atoms with Gasteiger partial charge in [0.15, 0.2) is 5.82 Å². The third kappa shape index (κ3) is 5.49. The molecule has 2 saturated heterocycles. The number of benzene rings is 1. The maximum atomic E-state index is 13.1. The number of likely N-dealkylation sites (tertiary alicyclic amines) is 1. The zero-order chi connectivity index (χ0) is 26.0. The molecule has 0 atom stereocenters. The van der Waals surface area contributed by atoms with Gasteiger partial charge >= 0.3 is 6.09 Å². The van der Waals surface area contributed by atoms with Gasteiger partial charge in [0.05, 0.1) is 16.8 Å². The SMILES string of the molecule is Cn1c(Br)cnc1C(=O)Nc1ccc(C(=O)N2CCN(C(=O)C3CCN(C(=O)O)CC3)CC2)c(Cl)c1. The highest BCUT2D eigenvalue weighted by molar-refractivity contribution is 9.10. The zero-order valence-electron chi connectivity index (χ0n) is 19.6. The number of piperazine rings is 1. The molecule has 4 rings (SSSR count). The molecule has 2 fully saturated rings. The predicted octanol–water partition coefficient (Wildman–Crippen LogP) is 2.76. The summed E-state index contributed by atoms with van der Waals surface area (Å²) in [6, 6.07) is 4.70. The van der Waals surface area contributed by atoms with Crippen molar-refractivity contribution in [1.29, 1.82) is 0 Å². The molecule has 0 saturated carbocycles. The molecule has 2 N–H and O–H groups in total. The van der Waals surface area contributed by atoms with Crippen LogP contribution < -0.4 is 5.32 Å². The second-order valence-corrected chi connectivity index (χ2v) is 9.99. The average molecular weight is 582 g/mol. The third-order valence-electron chi connectivity index (χ3n) is 6.59. The first-order valence-electron chi connectivity index (χ1n) is 11.5. The van der Waals surface area contributed by atoms with Crippen molar-refractivity contribution >= 4 is 57.0 Å². The monoisotopic (exact) mass is 580 g/mol. The van der Waals surface area contributed by atoms with E-state index in [4.69, 9.17) is 16.7 Å².